The lowest BCUT2D eigenvalue weighted by Gasteiger charge is -2.25. The van der Waals surface area contributed by atoms with Gasteiger partial charge in [0.2, 0.25) is 5.91 Å². The van der Waals surface area contributed by atoms with E-state index in [9.17, 15) is 9.59 Å². The fourth-order valence-electron chi connectivity index (χ4n) is 1.14. The van der Waals surface area contributed by atoms with E-state index in [0.717, 1.165) is 0 Å². The Hall–Kier alpha value is -1.14. The molecule has 0 heterocycles. The molecule has 94 valence electrons. The fraction of sp³-hybridized carbons (Fsp3) is 0.800. The first-order chi connectivity index (χ1) is 7.40. The van der Waals surface area contributed by atoms with Crippen LogP contribution in [0.3, 0.4) is 0 Å². The molecule has 0 aromatic carbocycles. The zero-order valence-corrected chi connectivity index (χ0v) is 9.97. The number of hydrogen-bond acceptors (Lipinski definition) is 4. The average molecular weight is 232 g/mol. The van der Waals surface area contributed by atoms with Crippen molar-refractivity contribution in [3.63, 3.8) is 0 Å². The second-order valence-corrected chi connectivity index (χ2v) is 3.79. The van der Waals surface area contributed by atoms with Crippen molar-refractivity contribution in [2.45, 2.75) is 19.9 Å². The fourth-order valence-corrected chi connectivity index (χ4v) is 1.14. The van der Waals surface area contributed by atoms with Crippen molar-refractivity contribution in [1.29, 1.82) is 0 Å². The van der Waals surface area contributed by atoms with Crippen LogP contribution in [0.5, 0.6) is 0 Å². The number of nitrogens with zero attached hydrogens (tertiary/aromatic N) is 1. The van der Waals surface area contributed by atoms with E-state index in [1.54, 1.807) is 13.8 Å². The summed E-state index contributed by atoms with van der Waals surface area (Å²) in [5.74, 6) is -1.69. The summed E-state index contributed by atoms with van der Waals surface area (Å²) in [4.78, 5) is 23.7. The number of carbonyl (C=O) groups is 2. The first kappa shape index (κ1) is 14.9. The Labute approximate surface area is 95.4 Å². The molecular formula is C10H20N2O4. The molecule has 0 saturated carbocycles. The molecule has 0 aliphatic rings. The van der Waals surface area contributed by atoms with Crippen LogP contribution < -0.4 is 5.73 Å². The molecule has 0 fully saturated rings. The van der Waals surface area contributed by atoms with E-state index in [1.807, 2.05) is 0 Å². The summed E-state index contributed by atoms with van der Waals surface area (Å²) >= 11 is 0. The van der Waals surface area contributed by atoms with E-state index in [-0.39, 0.29) is 25.0 Å². The third kappa shape index (κ3) is 5.09. The van der Waals surface area contributed by atoms with Crippen molar-refractivity contribution < 1.29 is 19.4 Å². The second kappa shape index (κ2) is 7.19. The van der Waals surface area contributed by atoms with Crippen molar-refractivity contribution in [2.24, 2.45) is 11.7 Å². The van der Waals surface area contributed by atoms with Gasteiger partial charge in [0.1, 0.15) is 6.54 Å². The first-order valence-corrected chi connectivity index (χ1v) is 5.15. The minimum absolute atomic E-state index is 0.255. The molecule has 0 aliphatic carbocycles. The number of nitrogens with two attached hydrogens (primary N) is 1. The van der Waals surface area contributed by atoms with Crippen LogP contribution in [0.15, 0.2) is 0 Å². The molecule has 2 atom stereocenters. The highest BCUT2D eigenvalue weighted by Gasteiger charge is 2.24. The lowest BCUT2D eigenvalue weighted by Crippen LogP contribution is -2.45. The number of rotatable bonds is 7. The topological polar surface area (TPSA) is 92.9 Å². The van der Waals surface area contributed by atoms with Gasteiger partial charge in [-0.3, -0.25) is 9.59 Å². The highest BCUT2D eigenvalue weighted by Crippen LogP contribution is 2.06. The van der Waals surface area contributed by atoms with E-state index in [0.29, 0.717) is 6.61 Å². The lowest BCUT2D eigenvalue weighted by molar-refractivity contribution is -0.146. The number of carboxylic acid groups (broad SMARTS) is 1. The van der Waals surface area contributed by atoms with Crippen molar-refractivity contribution in [3.05, 3.63) is 0 Å². The summed E-state index contributed by atoms with van der Waals surface area (Å²) < 4.78 is 4.83. The molecule has 0 aromatic heterocycles. The van der Waals surface area contributed by atoms with E-state index >= 15 is 0 Å². The van der Waals surface area contributed by atoms with Gasteiger partial charge in [-0.2, -0.15) is 0 Å². The maximum absolute atomic E-state index is 11.9. The van der Waals surface area contributed by atoms with Crippen LogP contribution in [0.4, 0.5) is 0 Å². The van der Waals surface area contributed by atoms with E-state index < -0.39 is 11.9 Å². The zero-order valence-electron chi connectivity index (χ0n) is 9.97. The zero-order chi connectivity index (χ0) is 12.7. The molecule has 6 heteroatoms. The number of ether oxygens (including phenoxy) is 1. The standard InChI is InChI=1S/C10H20N2O4/c1-7(8(2)11)10(15)12(4-5-16-3)6-9(13)14/h7-8H,4-6,11H2,1-3H3,(H,13,14). The molecule has 6 nitrogen and oxygen atoms in total. The van der Waals surface area contributed by atoms with Gasteiger partial charge < -0.3 is 20.5 Å². The van der Waals surface area contributed by atoms with Gasteiger partial charge in [-0.15, -0.1) is 0 Å². The maximum atomic E-state index is 11.9. The number of amides is 1. The molecule has 16 heavy (non-hydrogen) atoms. The third-order valence-electron chi connectivity index (χ3n) is 2.38. The summed E-state index contributed by atoms with van der Waals surface area (Å²) in [5, 5.41) is 8.69. The van der Waals surface area contributed by atoms with Crippen molar-refractivity contribution in [3.8, 4) is 0 Å². The predicted octanol–water partition coefficient (Wildman–Crippen LogP) is -0.471. The van der Waals surface area contributed by atoms with Crippen molar-refractivity contribution in [1.82, 2.24) is 4.90 Å². The van der Waals surface area contributed by atoms with Gasteiger partial charge in [-0.25, -0.2) is 0 Å². The molecule has 2 unspecified atom stereocenters. The molecule has 3 N–H and O–H groups in total. The van der Waals surface area contributed by atoms with E-state index in [1.165, 1.54) is 12.0 Å². The van der Waals surface area contributed by atoms with Gasteiger partial charge >= 0.3 is 5.97 Å². The highest BCUT2D eigenvalue weighted by molar-refractivity contribution is 5.83. The molecule has 0 saturated heterocycles. The summed E-state index contributed by atoms with van der Waals surface area (Å²) in [6.07, 6.45) is 0. The predicted molar refractivity (Wildman–Crippen MR) is 58.9 cm³/mol. The number of methoxy groups -OCH3 is 1. The molecule has 1 amide bonds. The quantitative estimate of drug-likeness (QED) is 0.619. The van der Waals surface area contributed by atoms with Crippen LogP contribution in [0.1, 0.15) is 13.8 Å². The Morgan fingerprint density at radius 2 is 2.00 bits per heavy atom. The summed E-state index contributed by atoms with van der Waals surface area (Å²) in [7, 11) is 1.50. The van der Waals surface area contributed by atoms with Gasteiger partial charge in [0.15, 0.2) is 0 Å². The second-order valence-electron chi connectivity index (χ2n) is 3.79. The number of aliphatic carboxylic acids is 1. The maximum Gasteiger partial charge on any atom is 0.323 e. The average Bonchev–Trinajstić information content (AvgIpc) is 2.21. The molecule has 0 radical (unpaired) electrons. The summed E-state index contributed by atoms with van der Waals surface area (Å²) in [5.41, 5.74) is 5.61. The third-order valence-corrected chi connectivity index (χ3v) is 2.38. The molecule has 0 rings (SSSR count). The Morgan fingerprint density at radius 1 is 1.44 bits per heavy atom. The largest absolute Gasteiger partial charge is 0.480 e. The van der Waals surface area contributed by atoms with Crippen LogP contribution in [0, 0.1) is 5.92 Å². The Morgan fingerprint density at radius 3 is 2.38 bits per heavy atom. The SMILES string of the molecule is COCCN(CC(=O)O)C(=O)C(C)C(C)N. The number of hydrogen-bond donors (Lipinski definition) is 2. The van der Waals surface area contributed by atoms with Crippen molar-refractivity contribution in [2.75, 3.05) is 26.8 Å². The van der Waals surface area contributed by atoms with Gasteiger partial charge in [0.05, 0.1) is 12.5 Å². The Kier molecular flexibility index (Phi) is 6.67. The van der Waals surface area contributed by atoms with Crippen LogP contribution in [0.25, 0.3) is 0 Å². The highest BCUT2D eigenvalue weighted by atomic mass is 16.5. The van der Waals surface area contributed by atoms with E-state index in [2.05, 4.69) is 0 Å². The van der Waals surface area contributed by atoms with Gasteiger partial charge in [0, 0.05) is 19.7 Å². The number of carboxylic acids is 1. The van der Waals surface area contributed by atoms with Gasteiger partial charge in [0.25, 0.3) is 0 Å². The van der Waals surface area contributed by atoms with Gasteiger partial charge in [-0.05, 0) is 6.92 Å². The van der Waals surface area contributed by atoms with Crippen LogP contribution >= 0.6 is 0 Å². The Bertz CT molecular complexity index is 243. The lowest BCUT2D eigenvalue weighted by atomic mass is 10.0. The summed E-state index contributed by atoms with van der Waals surface area (Å²) in [6, 6.07) is -0.300. The van der Waals surface area contributed by atoms with Gasteiger partial charge in [-0.1, -0.05) is 6.92 Å². The molecular weight excluding hydrogens is 212 g/mol. The smallest absolute Gasteiger partial charge is 0.323 e. The van der Waals surface area contributed by atoms with Crippen LogP contribution in [0.2, 0.25) is 0 Å². The number of carbonyl (C=O) groups excluding carboxylic acids is 1. The van der Waals surface area contributed by atoms with Crippen molar-refractivity contribution >= 4 is 11.9 Å². The molecule has 0 aromatic rings. The molecule has 0 spiro atoms. The van der Waals surface area contributed by atoms with Crippen LogP contribution in [-0.4, -0.2) is 54.7 Å². The molecule has 0 aliphatic heterocycles. The normalized spacial score (nSPS) is 14.2. The summed E-state index contributed by atoms with van der Waals surface area (Å²) in [6.45, 7) is 3.66. The van der Waals surface area contributed by atoms with E-state index in [4.69, 9.17) is 15.6 Å². The van der Waals surface area contributed by atoms with Crippen LogP contribution in [-0.2, 0) is 14.3 Å². The first-order valence-electron chi connectivity index (χ1n) is 5.15. The minimum Gasteiger partial charge on any atom is -0.480 e. The minimum atomic E-state index is -1.04. The molecule has 0 bridgehead atoms. The monoisotopic (exact) mass is 232 g/mol. The Balaban J connectivity index is 4.48.